The second-order valence-electron chi connectivity index (χ2n) is 6.69. The van der Waals surface area contributed by atoms with Crippen LogP contribution in [0.1, 0.15) is 27.8 Å². The number of aryl methyl sites for hydroxylation is 1. The van der Waals surface area contributed by atoms with Crippen molar-refractivity contribution in [1.82, 2.24) is 9.47 Å². The lowest BCUT2D eigenvalue weighted by atomic mass is 9.96. The second kappa shape index (κ2) is 4.63. The fraction of sp³-hybridized carbons (Fsp3) is 0.250. The van der Waals surface area contributed by atoms with E-state index in [1.165, 1.54) is 22.2 Å². The number of para-hydroxylation sites is 2. The number of fused-ring (bicyclic) bond motifs is 6. The van der Waals surface area contributed by atoms with Gasteiger partial charge in [0.05, 0.1) is 16.9 Å². The number of rotatable bonds is 0. The third-order valence-electron chi connectivity index (χ3n) is 5.55. The van der Waals surface area contributed by atoms with Crippen LogP contribution < -0.4 is 4.90 Å². The minimum atomic E-state index is -0.0338. The first-order valence-electron chi connectivity index (χ1n) is 8.37. The lowest BCUT2D eigenvalue weighted by Gasteiger charge is -2.46. The Morgan fingerprint density at radius 2 is 1.75 bits per heavy atom. The first kappa shape index (κ1) is 13.7. The molecule has 1 atom stereocenters. The molecule has 2 aliphatic rings. The Kier molecular flexibility index (Phi) is 2.64. The molecule has 4 heteroatoms. The minimum absolute atomic E-state index is 0.0338. The van der Waals surface area contributed by atoms with Crippen molar-refractivity contribution < 1.29 is 4.79 Å². The molecule has 3 aromatic rings. The lowest BCUT2D eigenvalue weighted by Crippen LogP contribution is -2.51. The van der Waals surface area contributed by atoms with E-state index in [1.54, 1.807) is 0 Å². The molecule has 5 rings (SSSR count). The summed E-state index contributed by atoms with van der Waals surface area (Å²) in [5, 5.41) is 1.31. The molecular formula is C20H19N3O. The maximum atomic E-state index is 13.0. The second-order valence-corrected chi connectivity index (χ2v) is 6.69. The van der Waals surface area contributed by atoms with E-state index in [1.807, 2.05) is 29.2 Å². The predicted molar refractivity (Wildman–Crippen MR) is 95.2 cm³/mol. The van der Waals surface area contributed by atoms with Gasteiger partial charge in [0, 0.05) is 31.5 Å². The van der Waals surface area contributed by atoms with Crippen LogP contribution in [0.25, 0.3) is 10.9 Å². The van der Waals surface area contributed by atoms with Gasteiger partial charge in [-0.2, -0.15) is 0 Å². The molecular weight excluding hydrogens is 298 g/mol. The average molecular weight is 317 g/mol. The van der Waals surface area contributed by atoms with Crippen LogP contribution >= 0.6 is 0 Å². The normalized spacial score (nSPS) is 19.2. The van der Waals surface area contributed by atoms with Crippen molar-refractivity contribution in [2.75, 3.05) is 18.5 Å². The molecule has 0 saturated heterocycles. The van der Waals surface area contributed by atoms with Crippen molar-refractivity contribution in [2.45, 2.75) is 12.6 Å². The number of carbonyl (C=O) groups is 1. The van der Waals surface area contributed by atoms with Crippen LogP contribution in [-0.4, -0.2) is 29.0 Å². The van der Waals surface area contributed by atoms with Gasteiger partial charge in [0.25, 0.3) is 5.91 Å². The van der Waals surface area contributed by atoms with Crippen molar-refractivity contribution in [2.24, 2.45) is 7.05 Å². The highest BCUT2D eigenvalue weighted by atomic mass is 16.2. The molecule has 0 radical (unpaired) electrons. The van der Waals surface area contributed by atoms with Crippen LogP contribution in [0.4, 0.5) is 5.69 Å². The number of benzene rings is 2. The summed E-state index contributed by atoms with van der Waals surface area (Å²) in [4.78, 5) is 17.3. The summed E-state index contributed by atoms with van der Waals surface area (Å²) in [5.41, 5.74) is 5.69. The van der Waals surface area contributed by atoms with E-state index >= 15 is 0 Å². The Morgan fingerprint density at radius 3 is 2.62 bits per heavy atom. The van der Waals surface area contributed by atoms with Crippen molar-refractivity contribution in [3.8, 4) is 0 Å². The van der Waals surface area contributed by atoms with E-state index in [2.05, 4.69) is 47.8 Å². The zero-order valence-electron chi connectivity index (χ0n) is 13.9. The van der Waals surface area contributed by atoms with Crippen molar-refractivity contribution in [1.29, 1.82) is 0 Å². The van der Waals surface area contributed by atoms with Crippen LogP contribution in [0.5, 0.6) is 0 Å². The topological polar surface area (TPSA) is 28.5 Å². The van der Waals surface area contributed by atoms with E-state index in [4.69, 9.17) is 0 Å². The van der Waals surface area contributed by atoms with Crippen LogP contribution in [0.3, 0.4) is 0 Å². The van der Waals surface area contributed by atoms with E-state index in [0.717, 1.165) is 24.2 Å². The summed E-state index contributed by atoms with van der Waals surface area (Å²) < 4.78 is 2.26. The molecule has 120 valence electrons. The largest absolute Gasteiger partial charge is 0.349 e. The number of anilines is 1. The third-order valence-corrected chi connectivity index (χ3v) is 5.55. The SMILES string of the molecule is CN1c2ccccc2C(=O)N2CCc3c(n(C)c4ccccc34)[C@H]21. The van der Waals surface area contributed by atoms with E-state index in [-0.39, 0.29) is 12.1 Å². The van der Waals surface area contributed by atoms with Crippen LogP contribution in [-0.2, 0) is 13.5 Å². The van der Waals surface area contributed by atoms with E-state index in [9.17, 15) is 4.79 Å². The van der Waals surface area contributed by atoms with Gasteiger partial charge in [-0.05, 0) is 30.2 Å². The van der Waals surface area contributed by atoms with Gasteiger partial charge in [0.2, 0.25) is 0 Å². The van der Waals surface area contributed by atoms with E-state index in [0.29, 0.717) is 0 Å². The van der Waals surface area contributed by atoms with E-state index < -0.39 is 0 Å². The van der Waals surface area contributed by atoms with Gasteiger partial charge in [0.1, 0.15) is 6.17 Å². The third kappa shape index (κ3) is 1.55. The molecule has 0 unspecified atom stereocenters. The molecule has 24 heavy (non-hydrogen) atoms. The van der Waals surface area contributed by atoms with Crippen molar-refractivity contribution in [3.63, 3.8) is 0 Å². The molecule has 2 aromatic carbocycles. The fourth-order valence-corrected chi connectivity index (χ4v) is 4.44. The van der Waals surface area contributed by atoms with Gasteiger partial charge in [-0.25, -0.2) is 0 Å². The number of hydrogen-bond donors (Lipinski definition) is 0. The number of carbonyl (C=O) groups excluding carboxylic acids is 1. The summed E-state index contributed by atoms with van der Waals surface area (Å²) in [6, 6.07) is 16.5. The zero-order valence-corrected chi connectivity index (χ0v) is 13.9. The fourth-order valence-electron chi connectivity index (χ4n) is 4.44. The quantitative estimate of drug-likeness (QED) is 0.636. The molecule has 0 N–H and O–H groups in total. The highest BCUT2D eigenvalue weighted by Crippen LogP contribution is 2.43. The number of amides is 1. The lowest BCUT2D eigenvalue weighted by molar-refractivity contribution is 0.0631. The maximum Gasteiger partial charge on any atom is 0.257 e. The molecule has 4 nitrogen and oxygen atoms in total. The van der Waals surface area contributed by atoms with Crippen molar-refractivity contribution in [3.05, 3.63) is 65.4 Å². The Balaban J connectivity index is 1.79. The summed E-state index contributed by atoms with van der Waals surface area (Å²) in [7, 11) is 4.21. The molecule has 0 fully saturated rings. The summed E-state index contributed by atoms with van der Waals surface area (Å²) >= 11 is 0. The predicted octanol–water partition coefficient (Wildman–Crippen LogP) is 3.33. The Morgan fingerprint density at radius 1 is 1.00 bits per heavy atom. The summed E-state index contributed by atoms with van der Waals surface area (Å²) in [5.74, 6) is 0.143. The minimum Gasteiger partial charge on any atom is -0.349 e. The molecule has 0 aliphatic carbocycles. The monoisotopic (exact) mass is 317 g/mol. The van der Waals surface area contributed by atoms with Crippen LogP contribution in [0.2, 0.25) is 0 Å². The molecule has 1 aromatic heterocycles. The Bertz CT molecular complexity index is 988. The zero-order chi connectivity index (χ0) is 16.4. The Hall–Kier alpha value is -2.75. The van der Waals surface area contributed by atoms with Gasteiger partial charge < -0.3 is 14.4 Å². The molecule has 0 saturated carbocycles. The van der Waals surface area contributed by atoms with Gasteiger partial charge in [-0.3, -0.25) is 4.79 Å². The molecule has 3 heterocycles. The van der Waals surface area contributed by atoms with Gasteiger partial charge in [0.15, 0.2) is 0 Å². The number of nitrogens with zero attached hydrogens (tertiary/aromatic N) is 3. The molecule has 0 spiro atoms. The summed E-state index contributed by atoms with van der Waals surface area (Å²) in [6.45, 7) is 0.767. The average Bonchev–Trinajstić information content (AvgIpc) is 2.92. The smallest absolute Gasteiger partial charge is 0.257 e. The maximum absolute atomic E-state index is 13.0. The summed E-state index contributed by atoms with van der Waals surface area (Å²) in [6.07, 6.45) is 0.878. The van der Waals surface area contributed by atoms with Crippen LogP contribution in [0, 0.1) is 0 Å². The van der Waals surface area contributed by atoms with Crippen LogP contribution in [0.15, 0.2) is 48.5 Å². The van der Waals surface area contributed by atoms with Gasteiger partial charge in [-0.1, -0.05) is 30.3 Å². The number of hydrogen-bond acceptors (Lipinski definition) is 2. The van der Waals surface area contributed by atoms with Crippen molar-refractivity contribution >= 4 is 22.5 Å². The first-order chi connectivity index (χ1) is 11.7. The van der Waals surface area contributed by atoms with Gasteiger partial charge >= 0.3 is 0 Å². The molecule has 1 amide bonds. The molecule has 0 bridgehead atoms. The highest BCUT2D eigenvalue weighted by Gasteiger charge is 2.42. The number of aromatic nitrogens is 1. The Labute approximate surface area is 140 Å². The highest BCUT2D eigenvalue weighted by molar-refractivity contribution is 6.02. The molecule has 2 aliphatic heterocycles. The van der Waals surface area contributed by atoms with Gasteiger partial charge in [-0.15, -0.1) is 0 Å². The first-order valence-corrected chi connectivity index (χ1v) is 8.37. The standard InChI is InChI=1S/C20H19N3O/c1-21-16-9-5-3-7-13(16)14-11-12-23-19(18(14)21)22(2)17-10-6-4-8-15(17)20(23)24/h3-10,19H,11-12H2,1-2H3/t19-/m0/s1.